The van der Waals surface area contributed by atoms with Gasteiger partial charge in [-0.3, -0.25) is 4.79 Å². The number of nitrogens with one attached hydrogen (secondary N) is 1. The Kier molecular flexibility index (Phi) is 6.72. The summed E-state index contributed by atoms with van der Waals surface area (Å²) in [5, 5.41) is 2.58. The van der Waals surface area contributed by atoms with E-state index in [1.165, 1.54) is 0 Å². The van der Waals surface area contributed by atoms with Crippen molar-refractivity contribution >= 4 is 18.0 Å². The summed E-state index contributed by atoms with van der Waals surface area (Å²) in [4.78, 5) is 35.6. The molecule has 0 bridgehead atoms. The molecule has 0 aliphatic heterocycles. The van der Waals surface area contributed by atoms with E-state index in [0.29, 0.717) is 6.42 Å². The third-order valence-electron chi connectivity index (χ3n) is 5.44. The fourth-order valence-corrected chi connectivity index (χ4v) is 3.67. The van der Waals surface area contributed by atoms with Gasteiger partial charge < -0.3 is 20.5 Å². The number of amides is 2. The van der Waals surface area contributed by atoms with Crippen LogP contribution in [0.2, 0.25) is 0 Å². The zero-order chi connectivity index (χ0) is 21.7. The highest BCUT2D eigenvalue weighted by molar-refractivity contribution is 5.84. The fraction of sp³-hybridized carbons (Fsp3) is 0.348. The maximum atomic E-state index is 12.5. The van der Waals surface area contributed by atoms with E-state index in [1.807, 2.05) is 43.3 Å². The summed E-state index contributed by atoms with van der Waals surface area (Å²) in [5.41, 5.74) is 9.49. The van der Waals surface area contributed by atoms with Crippen molar-refractivity contribution in [1.29, 1.82) is 0 Å². The third kappa shape index (κ3) is 4.62. The van der Waals surface area contributed by atoms with Crippen LogP contribution < -0.4 is 11.1 Å². The molecule has 0 saturated carbocycles. The van der Waals surface area contributed by atoms with Crippen LogP contribution in [-0.2, 0) is 19.1 Å². The van der Waals surface area contributed by atoms with Gasteiger partial charge in [-0.1, -0.05) is 68.8 Å². The first-order chi connectivity index (χ1) is 14.4. The van der Waals surface area contributed by atoms with Crippen molar-refractivity contribution in [3.63, 3.8) is 0 Å². The monoisotopic (exact) mass is 410 g/mol. The Morgan fingerprint density at radius 2 is 1.57 bits per heavy atom. The number of nitrogens with two attached hydrogens (primary N) is 1. The molecular weight excluding hydrogens is 384 g/mol. The summed E-state index contributed by atoms with van der Waals surface area (Å²) >= 11 is 0. The fourth-order valence-electron chi connectivity index (χ4n) is 3.67. The average molecular weight is 410 g/mol. The quantitative estimate of drug-likeness (QED) is 0.651. The van der Waals surface area contributed by atoms with E-state index in [2.05, 4.69) is 17.4 Å². The molecule has 3 rings (SSSR count). The Morgan fingerprint density at radius 3 is 2.10 bits per heavy atom. The smallest absolute Gasteiger partial charge is 0.407 e. The number of hydrogen-bond donors (Lipinski definition) is 2. The summed E-state index contributed by atoms with van der Waals surface area (Å²) in [5.74, 6) is -1.75. The summed E-state index contributed by atoms with van der Waals surface area (Å²) in [6.45, 7) is 3.31. The number of hydrogen-bond acceptors (Lipinski definition) is 5. The molecule has 0 heterocycles. The van der Waals surface area contributed by atoms with Crippen LogP contribution in [0.3, 0.4) is 0 Å². The van der Waals surface area contributed by atoms with Crippen LogP contribution in [-0.4, -0.2) is 37.2 Å². The minimum Gasteiger partial charge on any atom is -0.454 e. The first kappa shape index (κ1) is 21.4. The van der Waals surface area contributed by atoms with Crippen LogP contribution in [0.25, 0.3) is 11.1 Å². The van der Waals surface area contributed by atoms with E-state index in [0.717, 1.165) is 22.3 Å². The second kappa shape index (κ2) is 9.43. The molecule has 2 aromatic rings. The van der Waals surface area contributed by atoms with Gasteiger partial charge >= 0.3 is 12.1 Å². The number of carbonyl (C=O) groups is 3. The normalized spacial score (nSPS) is 14.2. The van der Waals surface area contributed by atoms with Gasteiger partial charge in [0.1, 0.15) is 12.6 Å². The van der Waals surface area contributed by atoms with Crippen molar-refractivity contribution in [3.8, 4) is 11.1 Å². The van der Waals surface area contributed by atoms with Gasteiger partial charge in [0.25, 0.3) is 5.91 Å². The molecule has 3 N–H and O–H groups in total. The van der Waals surface area contributed by atoms with Gasteiger partial charge in [-0.05, 0) is 28.2 Å². The highest BCUT2D eigenvalue weighted by Crippen LogP contribution is 2.44. The van der Waals surface area contributed by atoms with Gasteiger partial charge in [0.15, 0.2) is 6.61 Å². The minimum absolute atomic E-state index is 0.0768. The van der Waals surface area contributed by atoms with E-state index in [9.17, 15) is 14.4 Å². The largest absolute Gasteiger partial charge is 0.454 e. The molecule has 1 aliphatic carbocycles. The Balaban J connectivity index is 1.67. The van der Waals surface area contributed by atoms with E-state index in [4.69, 9.17) is 15.2 Å². The molecule has 0 saturated heterocycles. The number of carbonyl (C=O) groups excluding carboxylic acids is 3. The lowest BCUT2D eigenvalue weighted by Gasteiger charge is -2.22. The molecule has 7 nitrogen and oxygen atoms in total. The number of benzene rings is 2. The summed E-state index contributed by atoms with van der Waals surface area (Å²) < 4.78 is 10.4. The van der Waals surface area contributed by atoms with Crippen LogP contribution in [0.5, 0.6) is 0 Å². The maximum Gasteiger partial charge on any atom is 0.407 e. The molecule has 30 heavy (non-hydrogen) atoms. The average Bonchev–Trinajstić information content (AvgIpc) is 3.07. The first-order valence-electron chi connectivity index (χ1n) is 9.98. The van der Waals surface area contributed by atoms with Crippen molar-refractivity contribution in [2.45, 2.75) is 32.2 Å². The Bertz CT molecular complexity index is 897. The van der Waals surface area contributed by atoms with Crippen molar-refractivity contribution < 1.29 is 23.9 Å². The number of fused-ring (bicyclic) bond motifs is 3. The van der Waals surface area contributed by atoms with Gasteiger partial charge in [0.05, 0.1) is 0 Å². The maximum absolute atomic E-state index is 12.5. The lowest BCUT2D eigenvalue weighted by atomic mass is 9.98. The first-order valence-corrected chi connectivity index (χ1v) is 9.98. The van der Waals surface area contributed by atoms with Crippen molar-refractivity contribution in [3.05, 3.63) is 59.7 Å². The topological polar surface area (TPSA) is 108 Å². The van der Waals surface area contributed by atoms with Crippen LogP contribution in [0.15, 0.2) is 48.5 Å². The van der Waals surface area contributed by atoms with E-state index < -0.39 is 30.6 Å². The predicted molar refractivity (Wildman–Crippen MR) is 112 cm³/mol. The van der Waals surface area contributed by atoms with Crippen LogP contribution >= 0.6 is 0 Å². The lowest BCUT2D eigenvalue weighted by molar-refractivity contribution is -0.151. The van der Waals surface area contributed by atoms with Gasteiger partial charge in [-0.25, -0.2) is 9.59 Å². The highest BCUT2D eigenvalue weighted by Gasteiger charge is 2.31. The van der Waals surface area contributed by atoms with Crippen LogP contribution in [0.4, 0.5) is 4.79 Å². The Labute approximate surface area is 175 Å². The predicted octanol–water partition coefficient (Wildman–Crippen LogP) is 2.97. The second-order valence-electron chi connectivity index (χ2n) is 7.41. The van der Waals surface area contributed by atoms with E-state index in [-0.39, 0.29) is 18.4 Å². The standard InChI is InChI=1S/C23H26N2O5/c1-3-14(2)21(22(27)29-13-20(24)26)25-23(28)30-12-19-17-10-6-4-8-15(17)16-9-5-7-11-18(16)19/h4-11,14,19,21H,3,12-13H2,1-2H3,(H2,24,26)(H,25,28)/t14-,21-/m0/s1. The van der Waals surface area contributed by atoms with Gasteiger partial charge in [-0.2, -0.15) is 0 Å². The molecule has 0 fully saturated rings. The third-order valence-corrected chi connectivity index (χ3v) is 5.44. The number of alkyl carbamates (subject to hydrolysis) is 1. The molecule has 0 aromatic heterocycles. The summed E-state index contributed by atoms with van der Waals surface area (Å²) in [6, 6.07) is 15.2. The molecule has 7 heteroatoms. The lowest BCUT2D eigenvalue weighted by Crippen LogP contribution is -2.47. The van der Waals surface area contributed by atoms with Gasteiger partial charge in [0, 0.05) is 5.92 Å². The van der Waals surface area contributed by atoms with Gasteiger partial charge in [0.2, 0.25) is 0 Å². The van der Waals surface area contributed by atoms with Crippen molar-refractivity contribution in [2.24, 2.45) is 11.7 Å². The Hall–Kier alpha value is -3.35. The van der Waals surface area contributed by atoms with Crippen molar-refractivity contribution in [2.75, 3.05) is 13.2 Å². The number of ether oxygens (including phenoxy) is 2. The minimum atomic E-state index is -0.926. The van der Waals surface area contributed by atoms with E-state index in [1.54, 1.807) is 6.92 Å². The molecule has 1 aliphatic rings. The molecule has 0 radical (unpaired) electrons. The molecule has 0 unspecified atom stereocenters. The van der Waals surface area contributed by atoms with Crippen molar-refractivity contribution in [1.82, 2.24) is 5.32 Å². The second-order valence-corrected chi connectivity index (χ2v) is 7.41. The summed E-state index contributed by atoms with van der Waals surface area (Å²) in [7, 11) is 0. The zero-order valence-electron chi connectivity index (χ0n) is 17.1. The molecule has 0 spiro atoms. The Morgan fingerprint density at radius 1 is 1.00 bits per heavy atom. The molecule has 2 atom stereocenters. The molecule has 158 valence electrons. The van der Waals surface area contributed by atoms with Crippen LogP contribution in [0, 0.1) is 5.92 Å². The van der Waals surface area contributed by atoms with E-state index >= 15 is 0 Å². The van der Waals surface area contributed by atoms with Crippen LogP contribution in [0.1, 0.15) is 37.3 Å². The highest BCUT2D eigenvalue weighted by atomic mass is 16.6. The molecule has 2 aromatic carbocycles. The zero-order valence-corrected chi connectivity index (χ0v) is 17.1. The number of esters is 1. The number of primary amides is 1. The van der Waals surface area contributed by atoms with Gasteiger partial charge in [-0.15, -0.1) is 0 Å². The molecule has 2 amide bonds. The number of rotatable bonds is 8. The SMILES string of the molecule is CC[C@H](C)[C@H](NC(=O)OCC1c2ccccc2-c2ccccc21)C(=O)OCC(N)=O. The summed E-state index contributed by atoms with van der Waals surface area (Å²) in [6.07, 6.45) is -0.0850. The molecular formula is C23H26N2O5.